The monoisotopic (exact) mass is 580 g/mol. The quantitative estimate of drug-likeness (QED) is 0.134. The first kappa shape index (κ1) is 29.3. The van der Waals surface area contributed by atoms with Gasteiger partial charge in [0.15, 0.2) is 0 Å². The number of hydrogen-bond donors (Lipinski definition) is 0. The van der Waals surface area contributed by atoms with E-state index in [-0.39, 0.29) is 5.41 Å². The molecule has 0 amide bonds. The lowest BCUT2D eigenvalue weighted by atomic mass is 9.69. The summed E-state index contributed by atoms with van der Waals surface area (Å²) in [6.07, 6.45) is 7.27. The Balaban J connectivity index is 1.49. The van der Waals surface area contributed by atoms with Crippen molar-refractivity contribution < 1.29 is 9.31 Å². The van der Waals surface area contributed by atoms with Gasteiger partial charge in [0.1, 0.15) is 0 Å². The second-order valence-corrected chi connectivity index (χ2v) is 14.1. The third kappa shape index (κ3) is 4.38. The molecule has 0 spiro atoms. The maximum absolute atomic E-state index is 6.69. The molecule has 44 heavy (non-hydrogen) atoms. The van der Waals surface area contributed by atoms with E-state index in [0.29, 0.717) is 0 Å². The molecule has 5 aromatic carbocycles. The van der Waals surface area contributed by atoms with Crippen molar-refractivity contribution in [3.63, 3.8) is 0 Å². The van der Waals surface area contributed by atoms with Crippen LogP contribution < -0.4 is 5.46 Å². The summed E-state index contributed by atoms with van der Waals surface area (Å²) in [5, 5.41) is 4.90. The molecule has 0 saturated carbocycles. The zero-order valence-corrected chi connectivity index (χ0v) is 27.3. The van der Waals surface area contributed by atoms with Crippen molar-refractivity contribution in [2.24, 2.45) is 0 Å². The molecule has 0 bridgehead atoms. The lowest BCUT2D eigenvalue weighted by Crippen LogP contribution is -2.41. The van der Waals surface area contributed by atoms with Gasteiger partial charge in [-0.15, -0.1) is 0 Å². The second kappa shape index (κ2) is 10.9. The first-order valence-electron chi connectivity index (χ1n) is 16.8. The molecule has 2 nitrogen and oxygen atoms in total. The molecular weight excluding hydrogens is 535 g/mol. The van der Waals surface area contributed by atoms with Crippen LogP contribution in [-0.2, 0) is 14.7 Å². The molecule has 1 aliphatic carbocycles. The molecule has 0 radical (unpaired) electrons. The summed E-state index contributed by atoms with van der Waals surface area (Å²) in [5.41, 5.74) is 8.85. The van der Waals surface area contributed by atoms with Gasteiger partial charge in [-0.1, -0.05) is 124 Å². The first-order valence-corrected chi connectivity index (χ1v) is 16.8. The van der Waals surface area contributed by atoms with E-state index in [1.165, 1.54) is 93.5 Å². The summed E-state index contributed by atoms with van der Waals surface area (Å²) in [6.45, 7) is 13.2. The molecule has 1 saturated heterocycles. The fourth-order valence-electron chi connectivity index (χ4n) is 7.92. The molecule has 5 aromatic rings. The molecule has 1 aliphatic heterocycles. The fraction of sp³-hybridized carbons (Fsp3) is 0.366. The molecule has 0 unspecified atom stereocenters. The standard InChI is InChI=1S/C41H45BO2/c1-7-9-25-41(26-10-8-2)35-22-16-15-17-29(35)30-24-23-28(27-36(30)41)37-31-18-11-13-20-33(31)38(34-21-14-12-19-32(34)37)42-43-39(3,4)40(5,6)44-42/h11-24,27H,7-10,25-26H2,1-6H3. The molecule has 1 heterocycles. The lowest BCUT2D eigenvalue weighted by Gasteiger charge is -2.33. The van der Waals surface area contributed by atoms with E-state index in [1.807, 2.05) is 0 Å². The molecule has 3 heteroatoms. The van der Waals surface area contributed by atoms with Gasteiger partial charge in [-0.3, -0.25) is 0 Å². The summed E-state index contributed by atoms with van der Waals surface area (Å²) in [6, 6.07) is 34.3. The van der Waals surface area contributed by atoms with Crippen LogP contribution in [0.15, 0.2) is 91.0 Å². The highest BCUT2D eigenvalue weighted by Gasteiger charge is 2.52. The summed E-state index contributed by atoms with van der Waals surface area (Å²) >= 11 is 0. The van der Waals surface area contributed by atoms with E-state index in [1.54, 1.807) is 0 Å². The van der Waals surface area contributed by atoms with Crippen molar-refractivity contribution >= 4 is 34.1 Å². The van der Waals surface area contributed by atoms with E-state index in [2.05, 4.69) is 133 Å². The van der Waals surface area contributed by atoms with Crippen molar-refractivity contribution in [2.75, 3.05) is 0 Å². The highest BCUT2D eigenvalue weighted by Crippen LogP contribution is 2.55. The van der Waals surface area contributed by atoms with Gasteiger partial charge in [-0.25, -0.2) is 0 Å². The summed E-state index contributed by atoms with van der Waals surface area (Å²) < 4.78 is 13.4. The van der Waals surface area contributed by atoms with E-state index in [9.17, 15) is 0 Å². The molecule has 2 aliphatic rings. The Morgan fingerprint density at radius 1 is 0.568 bits per heavy atom. The van der Waals surface area contributed by atoms with Crippen LogP contribution in [0.4, 0.5) is 0 Å². The third-order valence-electron chi connectivity index (χ3n) is 10.9. The highest BCUT2D eigenvalue weighted by atomic mass is 16.7. The minimum absolute atomic E-state index is 0.0577. The van der Waals surface area contributed by atoms with Gasteiger partial charge in [-0.05, 0) is 107 Å². The highest BCUT2D eigenvalue weighted by molar-refractivity contribution is 6.69. The average Bonchev–Trinajstić information content (AvgIpc) is 3.42. The predicted molar refractivity (Wildman–Crippen MR) is 188 cm³/mol. The summed E-state index contributed by atoms with van der Waals surface area (Å²) in [5.74, 6) is 0. The Bertz CT molecular complexity index is 1790. The van der Waals surface area contributed by atoms with Crippen molar-refractivity contribution in [3.8, 4) is 22.3 Å². The van der Waals surface area contributed by atoms with Crippen LogP contribution in [0.3, 0.4) is 0 Å². The normalized spacial score (nSPS) is 17.7. The summed E-state index contributed by atoms with van der Waals surface area (Å²) in [7, 11) is -0.436. The van der Waals surface area contributed by atoms with Crippen LogP contribution in [0, 0.1) is 0 Å². The molecule has 1 fully saturated rings. The van der Waals surface area contributed by atoms with Crippen LogP contribution in [0.2, 0.25) is 0 Å². The van der Waals surface area contributed by atoms with Crippen molar-refractivity contribution in [1.29, 1.82) is 0 Å². The largest absolute Gasteiger partial charge is 0.496 e. The number of fused-ring (bicyclic) bond motifs is 5. The van der Waals surface area contributed by atoms with Gasteiger partial charge < -0.3 is 9.31 Å². The second-order valence-electron chi connectivity index (χ2n) is 14.1. The van der Waals surface area contributed by atoms with Gasteiger partial charge in [0.2, 0.25) is 0 Å². The summed E-state index contributed by atoms with van der Waals surface area (Å²) in [4.78, 5) is 0. The van der Waals surface area contributed by atoms with Crippen molar-refractivity contribution in [3.05, 3.63) is 102 Å². The average molecular weight is 581 g/mol. The van der Waals surface area contributed by atoms with Crippen LogP contribution >= 0.6 is 0 Å². The van der Waals surface area contributed by atoms with Crippen LogP contribution in [-0.4, -0.2) is 18.3 Å². The van der Waals surface area contributed by atoms with E-state index >= 15 is 0 Å². The number of rotatable bonds is 8. The van der Waals surface area contributed by atoms with Gasteiger partial charge in [0, 0.05) is 5.41 Å². The Hall–Kier alpha value is -3.40. The molecule has 0 atom stereocenters. The van der Waals surface area contributed by atoms with Crippen LogP contribution in [0.5, 0.6) is 0 Å². The Morgan fingerprint density at radius 3 is 1.64 bits per heavy atom. The van der Waals surface area contributed by atoms with Crippen molar-refractivity contribution in [2.45, 2.75) is 96.7 Å². The third-order valence-corrected chi connectivity index (χ3v) is 10.9. The minimum atomic E-state index is -0.436. The van der Waals surface area contributed by atoms with E-state index < -0.39 is 18.3 Å². The Morgan fingerprint density at radius 2 is 1.07 bits per heavy atom. The van der Waals surface area contributed by atoms with Gasteiger partial charge in [-0.2, -0.15) is 0 Å². The maximum atomic E-state index is 6.69. The SMILES string of the molecule is CCCCC1(CCCC)c2ccccc2-c2ccc(-c3c4ccccc4c(B4OC(C)(C)C(C)(C)O4)c4ccccc34)cc21. The molecule has 0 aromatic heterocycles. The first-order chi connectivity index (χ1) is 21.2. The topological polar surface area (TPSA) is 18.5 Å². The molecule has 7 rings (SSSR count). The maximum Gasteiger partial charge on any atom is 0.496 e. The molecular formula is C41H45BO2. The molecule has 224 valence electrons. The number of hydrogen-bond acceptors (Lipinski definition) is 2. The fourth-order valence-corrected chi connectivity index (χ4v) is 7.92. The minimum Gasteiger partial charge on any atom is -0.399 e. The Labute approximate surface area is 263 Å². The van der Waals surface area contributed by atoms with E-state index in [0.717, 1.165) is 5.46 Å². The molecule has 0 N–H and O–H groups in total. The van der Waals surface area contributed by atoms with E-state index in [4.69, 9.17) is 9.31 Å². The van der Waals surface area contributed by atoms with Gasteiger partial charge >= 0.3 is 7.12 Å². The van der Waals surface area contributed by atoms with Crippen molar-refractivity contribution in [1.82, 2.24) is 0 Å². The van der Waals surface area contributed by atoms with Gasteiger partial charge in [0.25, 0.3) is 0 Å². The lowest BCUT2D eigenvalue weighted by molar-refractivity contribution is 0.00578. The van der Waals surface area contributed by atoms with Crippen LogP contribution in [0.1, 0.15) is 91.2 Å². The Kier molecular flexibility index (Phi) is 7.26. The zero-order valence-electron chi connectivity index (χ0n) is 27.3. The number of unbranched alkanes of at least 4 members (excludes halogenated alkanes) is 2. The van der Waals surface area contributed by atoms with Crippen LogP contribution in [0.25, 0.3) is 43.8 Å². The smallest absolute Gasteiger partial charge is 0.399 e. The predicted octanol–water partition coefficient (Wildman–Crippen LogP) is 10.6. The number of benzene rings is 5. The zero-order chi connectivity index (χ0) is 30.7. The van der Waals surface area contributed by atoms with Gasteiger partial charge in [0.05, 0.1) is 11.2 Å².